The molecule has 0 radical (unpaired) electrons. The van der Waals surface area contributed by atoms with Crippen molar-refractivity contribution in [1.29, 1.82) is 0 Å². The SMILES string of the molecule is C=C1OC(OC)[C@H](O)[C@@H](O)[C@@H]1O. The van der Waals surface area contributed by atoms with Crippen molar-refractivity contribution in [1.82, 2.24) is 0 Å². The van der Waals surface area contributed by atoms with Crippen LogP contribution in [0.5, 0.6) is 0 Å². The van der Waals surface area contributed by atoms with E-state index in [0.29, 0.717) is 0 Å². The van der Waals surface area contributed by atoms with Crippen LogP contribution in [0, 0.1) is 0 Å². The predicted molar refractivity (Wildman–Crippen MR) is 39.0 cm³/mol. The summed E-state index contributed by atoms with van der Waals surface area (Å²) in [5.74, 6) is -0.000324. The van der Waals surface area contributed by atoms with Crippen molar-refractivity contribution in [3.8, 4) is 0 Å². The van der Waals surface area contributed by atoms with Crippen LogP contribution in [-0.2, 0) is 9.47 Å². The van der Waals surface area contributed by atoms with E-state index in [1.54, 1.807) is 0 Å². The molecule has 5 nitrogen and oxygen atoms in total. The topological polar surface area (TPSA) is 79.2 Å². The highest BCUT2D eigenvalue weighted by Gasteiger charge is 2.40. The molecule has 1 rings (SSSR count). The van der Waals surface area contributed by atoms with Crippen molar-refractivity contribution in [2.24, 2.45) is 0 Å². The summed E-state index contributed by atoms with van der Waals surface area (Å²) in [5.41, 5.74) is 0. The van der Waals surface area contributed by atoms with Crippen molar-refractivity contribution >= 4 is 0 Å². The van der Waals surface area contributed by atoms with Crippen LogP contribution >= 0.6 is 0 Å². The second kappa shape index (κ2) is 3.40. The van der Waals surface area contributed by atoms with Gasteiger partial charge in [-0.05, 0) is 0 Å². The Hall–Kier alpha value is -0.620. The predicted octanol–water partition coefficient (Wildman–Crippen LogP) is -1.41. The maximum Gasteiger partial charge on any atom is 0.228 e. The Morgan fingerprint density at radius 3 is 2.42 bits per heavy atom. The smallest absolute Gasteiger partial charge is 0.228 e. The van der Waals surface area contributed by atoms with E-state index >= 15 is 0 Å². The Balaban J connectivity index is 2.70. The lowest BCUT2D eigenvalue weighted by molar-refractivity contribution is -0.235. The van der Waals surface area contributed by atoms with E-state index in [2.05, 4.69) is 11.3 Å². The van der Waals surface area contributed by atoms with Crippen LogP contribution in [0.25, 0.3) is 0 Å². The monoisotopic (exact) mass is 176 g/mol. The fourth-order valence-electron chi connectivity index (χ4n) is 1.01. The third-order valence-electron chi connectivity index (χ3n) is 1.78. The maximum atomic E-state index is 9.22. The molecule has 0 saturated carbocycles. The van der Waals surface area contributed by atoms with Gasteiger partial charge in [0.25, 0.3) is 0 Å². The minimum atomic E-state index is -1.31. The van der Waals surface area contributed by atoms with Gasteiger partial charge in [-0.1, -0.05) is 6.58 Å². The number of hydrogen-bond donors (Lipinski definition) is 3. The van der Waals surface area contributed by atoms with Gasteiger partial charge in [-0.3, -0.25) is 0 Å². The summed E-state index contributed by atoms with van der Waals surface area (Å²) in [5, 5.41) is 27.6. The van der Waals surface area contributed by atoms with Gasteiger partial charge in [0, 0.05) is 7.11 Å². The Morgan fingerprint density at radius 2 is 1.92 bits per heavy atom. The molecule has 0 bridgehead atoms. The van der Waals surface area contributed by atoms with E-state index in [9.17, 15) is 10.2 Å². The lowest BCUT2D eigenvalue weighted by Gasteiger charge is -2.35. The van der Waals surface area contributed by atoms with E-state index in [1.165, 1.54) is 7.11 Å². The molecule has 4 atom stereocenters. The first-order chi connectivity index (χ1) is 5.57. The van der Waals surface area contributed by atoms with Crippen molar-refractivity contribution in [3.63, 3.8) is 0 Å². The molecule has 0 spiro atoms. The number of rotatable bonds is 1. The molecule has 0 aromatic rings. The Morgan fingerprint density at radius 1 is 1.33 bits per heavy atom. The summed E-state index contributed by atoms with van der Waals surface area (Å²) < 4.78 is 9.54. The Labute approximate surface area is 69.8 Å². The zero-order valence-electron chi connectivity index (χ0n) is 6.67. The fourth-order valence-corrected chi connectivity index (χ4v) is 1.01. The molecule has 0 aliphatic carbocycles. The Kier molecular flexibility index (Phi) is 2.69. The van der Waals surface area contributed by atoms with Crippen LogP contribution in [0.2, 0.25) is 0 Å². The first-order valence-electron chi connectivity index (χ1n) is 3.50. The highest BCUT2D eigenvalue weighted by Crippen LogP contribution is 2.22. The number of methoxy groups -OCH3 is 1. The van der Waals surface area contributed by atoms with Gasteiger partial charge in [-0.15, -0.1) is 0 Å². The van der Waals surface area contributed by atoms with Gasteiger partial charge >= 0.3 is 0 Å². The number of hydrogen-bond acceptors (Lipinski definition) is 5. The minimum absolute atomic E-state index is 0.000324. The molecule has 1 aliphatic heterocycles. The molecule has 1 heterocycles. The number of aliphatic hydroxyl groups is 3. The molecule has 12 heavy (non-hydrogen) atoms. The molecular formula is C7H12O5. The van der Waals surface area contributed by atoms with Gasteiger partial charge in [-0.25, -0.2) is 0 Å². The summed E-state index contributed by atoms with van der Waals surface area (Å²) in [4.78, 5) is 0. The van der Waals surface area contributed by atoms with E-state index in [1.807, 2.05) is 0 Å². The molecule has 1 saturated heterocycles. The molecule has 0 aromatic carbocycles. The summed E-state index contributed by atoms with van der Waals surface area (Å²) in [6.45, 7) is 3.35. The number of ether oxygens (including phenoxy) is 2. The average Bonchev–Trinajstić information content (AvgIpc) is 2.08. The van der Waals surface area contributed by atoms with E-state index < -0.39 is 24.6 Å². The minimum Gasteiger partial charge on any atom is -0.464 e. The molecule has 70 valence electrons. The molecule has 0 amide bonds. The van der Waals surface area contributed by atoms with Crippen molar-refractivity contribution < 1.29 is 24.8 Å². The second-order valence-corrected chi connectivity index (χ2v) is 2.61. The molecule has 1 unspecified atom stereocenters. The fraction of sp³-hybridized carbons (Fsp3) is 0.714. The summed E-state index contributed by atoms with van der Waals surface area (Å²) in [6, 6.07) is 0. The maximum absolute atomic E-state index is 9.22. The van der Waals surface area contributed by atoms with Crippen molar-refractivity contribution in [2.75, 3.05) is 7.11 Å². The average molecular weight is 176 g/mol. The summed E-state index contributed by atoms with van der Waals surface area (Å²) in [6.07, 6.45) is -4.78. The van der Waals surface area contributed by atoms with Gasteiger partial charge in [0.05, 0.1) is 0 Å². The normalized spacial score (nSPS) is 42.5. The third kappa shape index (κ3) is 1.44. The van der Waals surface area contributed by atoms with Gasteiger partial charge in [-0.2, -0.15) is 0 Å². The first kappa shape index (κ1) is 9.47. The van der Waals surface area contributed by atoms with E-state index in [-0.39, 0.29) is 5.76 Å². The van der Waals surface area contributed by atoms with Crippen LogP contribution in [0.15, 0.2) is 12.3 Å². The lowest BCUT2D eigenvalue weighted by atomic mass is 10.0. The largest absolute Gasteiger partial charge is 0.464 e. The van der Waals surface area contributed by atoms with Gasteiger partial charge in [0.15, 0.2) is 0 Å². The zero-order valence-corrected chi connectivity index (χ0v) is 6.67. The summed E-state index contributed by atoms with van der Waals surface area (Å²) >= 11 is 0. The van der Waals surface area contributed by atoms with Crippen LogP contribution < -0.4 is 0 Å². The third-order valence-corrected chi connectivity index (χ3v) is 1.78. The first-order valence-corrected chi connectivity index (χ1v) is 3.50. The molecular weight excluding hydrogens is 164 g/mol. The van der Waals surface area contributed by atoms with E-state index in [0.717, 1.165) is 0 Å². The van der Waals surface area contributed by atoms with Gasteiger partial charge in [0.1, 0.15) is 24.1 Å². The van der Waals surface area contributed by atoms with Crippen molar-refractivity contribution in [2.45, 2.75) is 24.6 Å². The van der Waals surface area contributed by atoms with Crippen LogP contribution in [-0.4, -0.2) is 47.0 Å². The summed E-state index contributed by atoms with van der Waals surface area (Å²) in [7, 11) is 1.32. The Bertz CT molecular complexity index is 179. The standard InChI is InChI=1S/C7H12O5/c1-3-4(8)5(9)6(10)7(11-2)12-3/h4-10H,1H2,2H3/t4-,5+,6-,7?/m1/s1. The van der Waals surface area contributed by atoms with Crippen LogP contribution in [0.3, 0.4) is 0 Å². The second-order valence-electron chi connectivity index (χ2n) is 2.61. The number of aliphatic hydroxyl groups excluding tert-OH is 3. The van der Waals surface area contributed by atoms with Gasteiger partial charge in [0.2, 0.25) is 6.29 Å². The molecule has 0 aromatic heterocycles. The lowest BCUT2D eigenvalue weighted by Crippen LogP contribution is -2.52. The van der Waals surface area contributed by atoms with Gasteiger partial charge < -0.3 is 24.8 Å². The highest BCUT2D eigenvalue weighted by molar-refractivity contribution is 5.03. The zero-order chi connectivity index (χ0) is 9.30. The van der Waals surface area contributed by atoms with Crippen LogP contribution in [0.4, 0.5) is 0 Å². The molecule has 5 heteroatoms. The molecule has 1 aliphatic rings. The molecule has 3 N–H and O–H groups in total. The highest BCUT2D eigenvalue weighted by atomic mass is 16.7. The van der Waals surface area contributed by atoms with Crippen LogP contribution in [0.1, 0.15) is 0 Å². The quantitative estimate of drug-likeness (QED) is 0.457. The molecule has 1 fully saturated rings. The van der Waals surface area contributed by atoms with E-state index in [4.69, 9.17) is 9.84 Å². The van der Waals surface area contributed by atoms with Crippen molar-refractivity contribution in [3.05, 3.63) is 12.3 Å².